The highest BCUT2D eigenvalue weighted by Crippen LogP contribution is 2.22. The highest BCUT2D eigenvalue weighted by Gasteiger charge is 2.35. The molecule has 0 saturated heterocycles. The van der Waals surface area contributed by atoms with Crippen molar-refractivity contribution in [1.82, 2.24) is 0 Å². The molecule has 2 amide bonds. The zero-order valence-corrected chi connectivity index (χ0v) is 13.1. The second-order valence-corrected chi connectivity index (χ2v) is 5.43. The fourth-order valence-electron chi connectivity index (χ4n) is 1.39. The first-order chi connectivity index (χ1) is 9.67. The minimum absolute atomic E-state index is 0.0504. The van der Waals surface area contributed by atoms with E-state index in [-0.39, 0.29) is 38.6 Å². The van der Waals surface area contributed by atoms with Crippen LogP contribution < -0.4 is 11.5 Å². The molecule has 0 aliphatic heterocycles. The molecular formula is C13H26N2O6. The summed E-state index contributed by atoms with van der Waals surface area (Å²) in [5.74, 6) is 0. The van der Waals surface area contributed by atoms with Crippen LogP contribution in [0.2, 0.25) is 0 Å². The van der Waals surface area contributed by atoms with E-state index >= 15 is 0 Å². The van der Waals surface area contributed by atoms with Gasteiger partial charge in [-0.25, -0.2) is 9.59 Å². The summed E-state index contributed by atoms with van der Waals surface area (Å²) in [7, 11) is 0. The van der Waals surface area contributed by atoms with Crippen LogP contribution in [0.25, 0.3) is 0 Å². The molecular weight excluding hydrogens is 280 g/mol. The zero-order valence-electron chi connectivity index (χ0n) is 13.1. The molecule has 124 valence electrons. The van der Waals surface area contributed by atoms with Crippen LogP contribution in [0.5, 0.6) is 0 Å². The van der Waals surface area contributed by atoms with Crippen molar-refractivity contribution in [2.75, 3.05) is 26.4 Å². The molecule has 0 heterocycles. The Morgan fingerprint density at radius 1 is 0.810 bits per heavy atom. The second-order valence-electron chi connectivity index (χ2n) is 5.43. The van der Waals surface area contributed by atoms with Gasteiger partial charge in [-0.15, -0.1) is 0 Å². The maximum absolute atomic E-state index is 10.8. The van der Waals surface area contributed by atoms with E-state index in [9.17, 15) is 9.59 Å². The van der Waals surface area contributed by atoms with Crippen molar-refractivity contribution in [2.45, 2.75) is 39.9 Å². The fourth-order valence-corrected chi connectivity index (χ4v) is 1.39. The molecule has 0 aliphatic carbocycles. The van der Waals surface area contributed by atoms with E-state index in [1.807, 2.05) is 27.7 Å². The summed E-state index contributed by atoms with van der Waals surface area (Å²) in [4.78, 5) is 21.7. The second kappa shape index (κ2) is 9.41. The summed E-state index contributed by atoms with van der Waals surface area (Å²) in [6, 6.07) is 0. The molecule has 21 heavy (non-hydrogen) atoms. The van der Waals surface area contributed by atoms with Gasteiger partial charge in [0.05, 0.1) is 30.8 Å². The number of primary amides is 2. The van der Waals surface area contributed by atoms with Crippen molar-refractivity contribution in [3.05, 3.63) is 0 Å². The number of carbonyl (C=O) groups is 2. The number of rotatable bonds is 10. The lowest BCUT2D eigenvalue weighted by Crippen LogP contribution is -2.44. The van der Waals surface area contributed by atoms with Gasteiger partial charge >= 0.3 is 12.2 Å². The van der Waals surface area contributed by atoms with Gasteiger partial charge in [-0.2, -0.15) is 0 Å². The monoisotopic (exact) mass is 306 g/mol. The lowest BCUT2D eigenvalue weighted by Gasteiger charge is -2.33. The third-order valence-electron chi connectivity index (χ3n) is 2.49. The highest BCUT2D eigenvalue weighted by atomic mass is 16.6. The molecule has 4 N–H and O–H groups in total. The molecule has 0 aromatic heterocycles. The van der Waals surface area contributed by atoms with Gasteiger partial charge in [0.25, 0.3) is 0 Å². The molecule has 0 aromatic rings. The summed E-state index contributed by atoms with van der Waals surface area (Å²) in [5.41, 5.74) is 9.12. The van der Waals surface area contributed by atoms with Gasteiger partial charge in [0.15, 0.2) is 0 Å². The van der Waals surface area contributed by atoms with Crippen molar-refractivity contribution in [3.8, 4) is 0 Å². The van der Waals surface area contributed by atoms with E-state index in [1.165, 1.54) is 0 Å². The van der Waals surface area contributed by atoms with Crippen molar-refractivity contribution in [2.24, 2.45) is 16.9 Å². The number of hydrogen-bond acceptors (Lipinski definition) is 6. The molecule has 0 rings (SSSR count). The third-order valence-corrected chi connectivity index (χ3v) is 2.49. The molecule has 0 bridgehead atoms. The molecule has 0 saturated carbocycles. The zero-order chi connectivity index (χ0) is 16.5. The first-order valence-electron chi connectivity index (χ1n) is 6.74. The molecule has 8 nitrogen and oxygen atoms in total. The molecule has 0 aromatic carbocycles. The van der Waals surface area contributed by atoms with Gasteiger partial charge in [-0.3, -0.25) is 0 Å². The van der Waals surface area contributed by atoms with E-state index in [0.717, 1.165) is 0 Å². The van der Waals surface area contributed by atoms with Crippen LogP contribution in [0.15, 0.2) is 0 Å². The average molecular weight is 306 g/mol. The van der Waals surface area contributed by atoms with Gasteiger partial charge in [-0.1, -0.05) is 0 Å². The molecule has 0 radical (unpaired) electrons. The van der Waals surface area contributed by atoms with Crippen LogP contribution in [0.1, 0.15) is 27.7 Å². The average Bonchev–Trinajstić information content (AvgIpc) is 2.36. The summed E-state index contributed by atoms with van der Waals surface area (Å²) >= 11 is 0. The summed E-state index contributed by atoms with van der Waals surface area (Å²) in [5, 5.41) is 0. The Hall–Kier alpha value is -1.54. The van der Waals surface area contributed by atoms with E-state index in [0.29, 0.717) is 0 Å². The fraction of sp³-hybridized carbons (Fsp3) is 0.846. The number of carbonyl (C=O) groups excluding carboxylic acids is 2. The smallest absolute Gasteiger partial charge is 0.404 e. The van der Waals surface area contributed by atoms with E-state index < -0.39 is 17.6 Å². The quantitative estimate of drug-likeness (QED) is 0.621. The van der Waals surface area contributed by atoms with Gasteiger partial charge < -0.3 is 30.4 Å². The standard InChI is InChI=1S/C13H26N2O6/c1-9(2)18-5-13(6-19-10(3)4,7-20-11(14)16)8-21-12(15)17/h9-10H,5-8H2,1-4H3,(H2,14,16)(H2,15,17). The van der Waals surface area contributed by atoms with Gasteiger partial charge in [0.2, 0.25) is 0 Å². The first kappa shape index (κ1) is 19.5. The molecule has 8 heteroatoms. The maximum atomic E-state index is 10.8. The number of amides is 2. The van der Waals surface area contributed by atoms with Crippen LogP contribution in [0.4, 0.5) is 9.59 Å². The molecule has 0 aliphatic rings. The summed E-state index contributed by atoms with van der Waals surface area (Å²) in [6.07, 6.45) is -1.95. The molecule has 0 atom stereocenters. The Labute approximate surface area is 125 Å². The van der Waals surface area contributed by atoms with E-state index in [2.05, 4.69) is 0 Å². The largest absolute Gasteiger partial charge is 0.449 e. The lowest BCUT2D eigenvalue weighted by molar-refractivity contribution is -0.1000. The molecule has 0 spiro atoms. The summed E-state index contributed by atoms with van der Waals surface area (Å²) < 4.78 is 20.8. The normalized spacial score (nSPS) is 11.7. The Morgan fingerprint density at radius 2 is 1.14 bits per heavy atom. The van der Waals surface area contributed by atoms with Crippen molar-refractivity contribution in [3.63, 3.8) is 0 Å². The SMILES string of the molecule is CC(C)OCC(COC(N)=O)(COC(N)=O)COC(C)C. The van der Waals surface area contributed by atoms with Crippen LogP contribution in [-0.4, -0.2) is 50.8 Å². The van der Waals surface area contributed by atoms with Gasteiger partial charge in [-0.05, 0) is 27.7 Å². The first-order valence-corrected chi connectivity index (χ1v) is 6.74. The number of ether oxygens (including phenoxy) is 4. The van der Waals surface area contributed by atoms with Crippen molar-refractivity contribution >= 4 is 12.2 Å². The van der Waals surface area contributed by atoms with Gasteiger partial charge in [0.1, 0.15) is 13.2 Å². The van der Waals surface area contributed by atoms with Crippen LogP contribution >= 0.6 is 0 Å². The van der Waals surface area contributed by atoms with Crippen LogP contribution in [-0.2, 0) is 18.9 Å². The van der Waals surface area contributed by atoms with Crippen molar-refractivity contribution in [1.29, 1.82) is 0 Å². The minimum Gasteiger partial charge on any atom is -0.449 e. The highest BCUT2D eigenvalue weighted by molar-refractivity contribution is 5.65. The molecule has 0 unspecified atom stereocenters. The predicted molar refractivity (Wildman–Crippen MR) is 75.7 cm³/mol. The van der Waals surface area contributed by atoms with Crippen LogP contribution in [0, 0.1) is 5.41 Å². The predicted octanol–water partition coefficient (Wildman–Crippen LogP) is 1.01. The maximum Gasteiger partial charge on any atom is 0.404 e. The number of hydrogen-bond donors (Lipinski definition) is 2. The van der Waals surface area contributed by atoms with E-state index in [1.54, 1.807) is 0 Å². The molecule has 0 fully saturated rings. The lowest BCUT2D eigenvalue weighted by atomic mass is 9.92. The third kappa shape index (κ3) is 9.91. The minimum atomic E-state index is -0.924. The van der Waals surface area contributed by atoms with Crippen molar-refractivity contribution < 1.29 is 28.5 Å². The van der Waals surface area contributed by atoms with Crippen LogP contribution in [0.3, 0.4) is 0 Å². The van der Waals surface area contributed by atoms with Gasteiger partial charge in [0, 0.05) is 0 Å². The Morgan fingerprint density at radius 3 is 1.38 bits per heavy atom. The number of nitrogens with two attached hydrogens (primary N) is 2. The Bertz CT molecular complexity index is 301. The Kier molecular flexibility index (Phi) is 8.72. The summed E-state index contributed by atoms with van der Waals surface area (Å²) in [6.45, 7) is 7.56. The topological polar surface area (TPSA) is 123 Å². The Balaban J connectivity index is 4.93. The van der Waals surface area contributed by atoms with E-state index in [4.69, 9.17) is 30.4 Å².